The molecule has 29 heavy (non-hydrogen) atoms. The number of aromatic amines is 1. The van der Waals surface area contributed by atoms with Gasteiger partial charge in [-0.25, -0.2) is 4.98 Å². The Bertz CT molecular complexity index is 1150. The van der Waals surface area contributed by atoms with Crippen molar-refractivity contribution in [3.63, 3.8) is 0 Å². The standard InChI is InChI=1S/C22H18N4O2S/c23-13-17-20(16-8-2-1-3-9-16)24-22(25-21(17)28)29-14-19(27)26-12-6-10-15-7-4-5-11-18(15)26/h1-5,7-9,11H,6,10,12,14H2,(H,24,25,28). The van der Waals surface area contributed by atoms with E-state index in [0.29, 0.717) is 23.0 Å². The molecule has 1 aliphatic heterocycles. The number of para-hydroxylation sites is 1. The number of anilines is 1. The minimum Gasteiger partial charge on any atom is -0.311 e. The fourth-order valence-electron chi connectivity index (χ4n) is 3.43. The molecule has 0 saturated heterocycles. The summed E-state index contributed by atoms with van der Waals surface area (Å²) >= 11 is 1.17. The van der Waals surface area contributed by atoms with Crippen molar-refractivity contribution in [2.45, 2.75) is 18.0 Å². The first-order valence-electron chi connectivity index (χ1n) is 9.28. The average molecular weight is 402 g/mol. The Morgan fingerprint density at radius 2 is 1.93 bits per heavy atom. The number of carbonyl (C=O) groups is 1. The van der Waals surface area contributed by atoms with Crippen LogP contribution in [-0.2, 0) is 11.2 Å². The highest BCUT2D eigenvalue weighted by Gasteiger charge is 2.22. The monoisotopic (exact) mass is 402 g/mol. The average Bonchev–Trinajstić information content (AvgIpc) is 2.77. The van der Waals surface area contributed by atoms with Crippen LogP contribution in [0.25, 0.3) is 11.3 Å². The lowest BCUT2D eigenvalue weighted by Crippen LogP contribution is -2.36. The summed E-state index contributed by atoms with van der Waals surface area (Å²) in [6.45, 7) is 0.684. The molecule has 144 valence electrons. The largest absolute Gasteiger partial charge is 0.311 e. The fraction of sp³-hybridized carbons (Fsp3) is 0.182. The molecule has 2 heterocycles. The summed E-state index contributed by atoms with van der Waals surface area (Å²) in [6, 6.07) is 19.0. The fourth-order valence-corrected chi connectivity index (χ4v) is 4.17. The van der Waals surface area contributed by atoms with Gasteiger partial charge < -0.3 is 9.88 Å². The highest BCUT2D eigenvalue weighted by Crippen LogP contribution is 2.28. The molecule has 4 rings (SSSR count). The molecular weight excluding hydrogens is 384 g/mol. The number of fused-ring (bicyclic) bond motifs is 1. The van der Waals surface area contributed by atoms with Gasteiger partial charge in [0.2, 0.25) is 5.91 Å². The maximum atomic E-state index is 12.8. The zero-order valence-electron chi connectivity index (χ0n) is 15.6. The number of amides is 1. The van der Waals surface area contributed by atoms with E-state index in [1.165, 1.54) is 17.3 Å². The molecule has 0 spiro atoms. The smallest absolute Gasteiger partial charge is 0.270 e. The van der Waals surface area contributed by atoms with Crippen LogP contribution in [0.3, 0.4) is 0 Å². The van der Waals surface area contributed by atoms with Gasteiger partial charge in [-0.05, 0) is 24.5 Å². The summed E-state index contributed by atoms with van der Waals surface area (Å²) in [7, 11) is 0. The zero-order chi connectivity index (χ0) is 20.2. The predicted octanol–water partition coefficient (Wildman–Crippen LogP) is 3.38. The Kier molecular flexibility index (Phi) is 5.45. The summed E-state index contributed by atoms with van der Waals surface area (Å²) in [4.78, 5) is 34.0. The minimum absolute atomic E-state index is 0.0307. The van der Waals surface area contributed by atoms with E-state index in [2.05, 4.69) is 9.97 Å². The Balaban J connectivity index is 1.57. The number of benzene rings is 2. The third-order valence-electron chi connectivity index (χ3n) is 4.80. The van der Waals surface area contributed by atoms with Gasteiger partial charge in [0.05, 0.1) is 11.4 Å². The van der Waals surface area contributed by atoms with E-state index in [0.717, 1.165) is 18.5 Å². The molecule has 1 N–H and O–H groups in total. The number of nitriles is 1. The second-order valence-corrected chi connectivity index (χ2v) is 7.60. The Morgan fingerprint density at radius 3 is 2.72 bits per heavy atom. The lowest BCUT2D eigenvalue weighted by Gasteiger charge is -2.29. The van der Waals surface area contributed by atoms with Crippen molar-refractivity contribution in [1.82, 2.24) is 9.97 Å². The zero-order valence-corrected chi connectivity index (χ0v) is 16.4. The number of carbonyl (C=O) groups excluding carboxylic acids is 1. The van der Waals surface area contributed by atoms with E-state index in [1.54, 1.807) is 17.0 Å². The van der Waals surface area contributed by atoms with E-state index < -0.39 is 5.56 Å². The van der Waals surface area contributed by atoms with Crippen molar-refractivity contribution in [2.75, 3.05) is 17.2 Å². The maximum Gasteiger partial charge on any atom is 0.270 e. The minimum atomic E-state index is -0.500. The second-order valence-electron chi connectivity index (χ2n) is 6.64. The molecule has 1 aliphatic rings. The molecule has 3 aromatic rings. The van der Waals surface area contributed by atoms with Crippen molar-refractivity contribution in [3.05, 3.63) is 76.1 Å². The molecule has 1 aromatic heterocycles. The summed E-state index contributed by atoms with van der Waals surface area (Å²) in [6.07, 6.45) is 1.90. The van der Waals surface area contributed by atoms with Crippen LogP contribution in [-0.4, -0.2) is 28.2 Å². The van der Waals surface area contributed by atoms with Gasteiger partial charge in [0.15, 0.2) is 5.16 Å². The van der Waals surface area contributed by atoms with E-state index in [1.807, 2.05) is 48.5 Å². The molecular formula is C22H18N4O2S. The predicted molar refractivity (Wildman–Crippen MR) is 113 cm³/mol. The lowest BCUT2D eigenvalue weighted by molar-refractivity contribution is -0.116. The van der Waals surface area contributed by atoms with Crippen LogP contribution >= 0.6 is 11.8 Å². The topological polar surface area (TPSA) is 89.8 Å². The highest BCUT2D eigenvalue weighted by molar-refractivity contribution is 7.99. The molecule has 0 fully saturated rings. The van der Waals surface area contributed by atoms with Gasteiger partial charge in [-0.15, -0.1) is 0 Å². The van der Waals surface area contributed by atoms with Gasteiger partial charge in [0, 0.05) is 17.8 Å². The molecule has 2 aromatic carbocycles. The first kappa shape index (κ1) is 19.0. The third kappa shape index (κ3) is 3.93. The molecule has 0 radical (unpaired) electrons. The third-order valence-corrected chi connectivity index (χ3v) is 5.66. The Labute approximate surface area is 172 Å². The highest BCUT2D eigenvalue weighted by atomic mass is 32.2. The Morgan fingerprint density at radius 1 is 1.17 bits per heavy atom. The maximum absolute atomic E-state index is 12.8. The van der Waals surface area contributed by atoms with E-state index in [4.69, 9.17) is 0 Å². The first-order valence-corrected chi connectivity index (χ1v) is 10.3. The van der Waals surface area contributed by atoms with Crippen LogP contribution in [0.4, 0.5) is 5.69 Å². The molecule has 1 amide bonds. The summed E-state index contributed by atoms with van der Waals surface area (Å²) in [5.74, 6) is 0.118. The number of aromatic nitrogens is 2. The van der Waals surface area contributed by atoms with Crippen LogP contribution in [0.1, 0.15) is 17.5 Å². The van der Waals surface area contributed by atoms with E-state index >= 15 is 0 Å². The van der Waals surface area contributed by atoms with Crippen molar-refractivity contribution in [2.24, 2.45) is 0 Å². The molecule has 0 atom stereocenters. The van der Waals surface area contributed by atoms with Crippen LogP contribution < -0.4 is 10.5 Å². The summed E-state index contributed by atoms with van der Waals surface area (Å²) in [5, 5.41) is 9.68. The van der Waals surface area contributed by atoms with E-state index in [-0.39, 0.29) is 17.2 Å². The van der Waals surface area contributed by atoms with E-state index in [9.17, 15) is 14.9 Å². The van der Waals surface area contributed by atoms with Crippen LogP contribution in [0.2, 0.25) is 0 Å². The number of H-pyrrole nitrogens is 1. The van der Waals surface area contributed by atoms with Crippen molar-refractivity contribution >= 4 is 23.4 Å². The summed E-state index contributed by atoms with van der Waals surface area (Å²) in [5.41, 5.74) is 2.61. The van der Waals surface area contributed by atoms with Crippen molar-refractivity contribution < 1.29 is 4.79 Å². The molecule has 0 bridgehead atoms. The normalized spacial score (nSPS) is 12.9. The number of thioether (sulfide) groups is 1. The number of nitrogens with one attached hydrogen (secondary N) is 1. The molecule has 0 unspecified atom stereocenters. The molecule has 6 nitrogen and oxygen atoms in total. The number of rotatable bonds is 4. The van der Waals surface area contributed by atoms with Gasteiger partial charge in [0.1, 0.15) is 11.6 Å². The van der Waals surface area contributed by atoms with Gasteiger partial charge in [-0.1, -0.05) is 60.3 Å². The molecule has 0 aliphatic carbocycles. The van der Waals surface area contributed by atoms with Crippen molar-refractivity contribution in [1.29, 1.82) is 5.26 Å². The summed E-state index contributed by atoms with van der Waals surface area (Å²) < 4.78 is 0. The number of nitrogens with zero attached hydrogens (tertiary/aromatic N) is 3. The number of aryl methyl sites for hydroxylation is 1. The van der Waals surface area contributed by atoms with Gasteiger partial charge in [0.25, 0.3) is 5.56 Å². The first-order chi connectivity index (χ1) is 14.2. The SMILES string of the molecule is N#Cc1c(-c2ccccc2)nc(SCC(=O)N2CCCc3ccccc32)[nH]c1=O. The molecule has 0 saturated carbocycles. The van der Waals surface area contributed by atoms with Gasteiger partial charge >= 0.3 is 0 Å². The van der Waals surface area contributed by atoms with Crippen LogP contribution in [0.15, 0.2) is 64.5 Å². The van der Waals surface area contributed by atoms with Crippen molar-refractivity contribution in [3.8, 4) is 17.3 Å². The molecule has 7 heteroatoms. The van der Waals surface area contributed by atoms with Gasteiger partial charge in [-0.3, -0.25) is 9.59 Å². The second kappa shape index (κ2) is 8.33. The number of hydrogen-bond donors (Lipinski definition) is 1. The van der Waals surface area contributed by atoms with Crippen LogP contribution in [0.5, 0.6) is 0 Å². The quantitative estimate of drug-likeness (QED) is 0.534. The number of hydrogen-bond acceptors (Lipinski definition) is 5. The van der Waals surface area contributed by atoms with Gasteiger partial charge in [-0.2, -0.15) is 5.26 Å². The van der Waals surface area contributed by atoms with Crippen LogP contribution in [0, 0.1) is 11.3 Å². The Hall–Kier alpha value is -3.37. The lowest BCUT2D eigenvalue weighted by atomic mass is 10.0.